The molecule has 0 radical (unpaired) electrons. The Hall–Kier alpha value is -1.36. The lowest BCUT2D eigenvalue weighted by atomic mass is 10.2. The van der Waals surface area contributed by atoms with Crippen LogP contribution in [0.4, 0.5) is 0 Å². The van der Waals surface area contributed by atoms with Gasteiger partial charge in [-0.25, -0.2) is 0 Å². The molecule has 1 aromatic rings. The van der Waals surface area contributed by atoms with Gasteiger partial charge in [0, 0.05) is 10.9 Å². The Morgan fingerprint density at radius 2 is 2.00 bits per heavy atom. The van der Waals surface area contributed by atoms with Gasteiger partial charge in [-0.1, -0.05) is 6.92 Å². The van der Waals surface area contributed by atoms with E-state index < -0.39 is 0 Å². The van der Waals surface area contributed by atoms with E-state index in [1.165, 1.54) is 16.2 Å². The van der Waals surface area contributed by atoms with Crippen molar-refractivity contribution in [2.45, 2.75) is 47.1 Å². The van der Waals surface area contributed by atoms with E-state index in [-0.39, 0.29) is 24.5 Å². The second-order valence-electron chi connectivity index (χ2n) is 4.90. The Kier molecular flexibility index (Phi) is 6.20. The van der Waals surface area contributed by atoms with Gasteiger partial charge < -0.3 is 9.64 Å². The number of thiophene rings is 1. The molecule has 5 heteroatoms. The molecule has 0 aliphatic carbocycles. The van der Waals surface area contributed by atoms with Crippen LogP contribution in [0.2, 0.25) is 0 Å². The number of aryl methyl sites for hydroxylation is 2. The lowest BCUT2D eigenvalue weighted by Gasteiger charge is -2.25. The van der Waals surface area contributed by atoms with E-state index in [2.05, 4.69) is 6.92 Å². The van der Waals surface area contributed by atoms with Gasteiger partial charge in [0.15, 0.2) is 0 Å². The molecule has 0 aliphatic rings. The third-order valence-electron chi connectivity index (χ3n) is 3.04. The fraction of sp³-hybridized carbons (Fsp3) is 0.600. The van der Waals surface area contributed by atoms with E-state index in [9.17, 15) is 9.59 Å². The summed E-state index contributed by atoms with van der Waals surface area (Å²) in [7, 11) is 0. The highest BCUT2D eigenvalue weighted by Gasteiger charge is 2.24. The van der Waals surface area contributed by atoms with Crippen molar-refractivity contribution < 1.29 is 14.3 Å². The highest BCUT2D eigenvalue weighted by atomic mass is 32.1. The predicted molar refractivity (Wildman–Crippen MR) is 81.2 cm³/mol. The summed E-state index contributed by atoms with van der Waals surface area (Å²) < 4.78 is 4.93. The number of nitrogens with zero attached hydrogens (tertiary/aromatic N) is 1. The third-order valence-corrected chi connectivity index (χ3v) is 4.41. The van der Waals surface area contributed by atoms with Crippen molar-refractivity contribution in [3.05, 3.63) is 21.4 Å². The highest BCUT2D eigenvalue weighted by molar-refractivity contribution is 7.14. The van der Waals surface area contributed by atoms with Crippen molar-refractivity contribution in [1.29, 1.82) is 0 Å². The molecule has 1 rings (SSSR count). The van der Waals surface area contributed by atoms with E-state index in [1.54, 1.807) is 11.8 Å². The van der Waals surface area contributed by atoms with Gasteiger partial charge in [0.2, 0.25) is 0 Å². The zero-order valence-electron chi connectivity index (χ0n) is 12.9. The second-order valence-corrected chi connectivity index (χ2v) is 6.04. The summed E-state index contributed by atoms with van der Waals surface area (Å²) in [6, 6.07) is 1.87. The molecule has 0 spiro atoms. The number of carbonyl (C=O) groups excluding carboxylic acids is 2. The highest BCUT2D eigenvalue weighted by Crippen LogP contribution is 2.24. The molecular formula is C15H23NO3S. The van der Waals surface area contributed by atoms with Crippen LogP contribution in [0.5, 0.6) is 0 Å². The zero-order chi connectivity index (χ0) is 15.3. The SMILES string of the molecule is CCOC(=O)CN(C(=O)c1cc(C)c(CC)s1)C(C)C. The van der Waals surface area contributed by atoms with Gasteiger partial charge >= 0.3 is 5.97 Å². The first-order valence-electron chi connectivity index (χ1n) is 6.96. The van der Waals surface area contributed by atoms with Gasteiger partial charge in [0.1, 0.15) is 6.54 Å². The molecule has 0 saturated carbocycles. The summed E-state index contributed by atoms with van der Waals surface area (Å²) in [6.45, 7) is 9.98. The summed E-state index contributed by atoms with van der Waals surface area (Å²) in [4.78, 5) is 27.6. The molecule has 4 nitrogen and oxygen atoms in total. The fourth-order valence-corrected chi connectivity index (χ4v) is 3.02. The van der Waals surface area contributed by atoms with Crippen LogP contribution in [0, 0.1) is 6.92 Å². The summed E-state index contributed by atoms with van der Waals surface area (Å²) in [5, 5.41) is 0. The maximum Gasteiger partial charge on any atom is 0.325 e. The number of esters is 1. The Morgan fingerprint density at radius 1 is 1.35 bits per heavy atom. The molecule has 112 valence electrons. The average molecular weight is 297 g/mol. The Labute approximate surface area is 124 Å². The first-order chi connectivity index (χ1) is 9.40. The molecule has 0 N–H and O–H groups in total. The average Bonchev–Trinajstić information content (AvgIpc) is 2.76. The van der Waals surface area contributed by atoms with Crippen LogP contribution >= 0.6 is 11.3 Å². The number of carbonyl (C=O) groups is 2. The maximum atomic E-state index is 12.5. The van der Waals surface area contributed by atoms with Crippen molar-refractivity contribution in [2.75, 3.05) is 13.2 Å². The van der Waals surface area contributed by atoms with E-state index in [0.29, 0.717) is 11.5 Å². The third kappa shape index (κ3) is 4.07. The van der Waals surface area contributed by atoms with Gasteiger partial charge in [0.25, 0.3) is 5.91 Å². The molecule has 0 aromatic carbocycles. The minimum atomic E-state index is -0.362. The quantitative estimate of drug-likeness (QED) is 0.758. The number of ether oxygens (including phenoxy) is 1. The summed E-state index contributed by atoms with van der Waals surface area (Å²) in [6.07, 6.45) is 0.920. The van der Waals surface area contributed by atoms with Crippen molar-refractivity contribution in [3.8, 4) is 0 Å². The lowest BCUT2D eigenvalue weighted by Crippen LogP contribution is -2.41. The smallest absolute Gasteiger partial charge is 0.325 e. The van der Waals surface area contributed by atoms with Crippen LogP contribution in [-0.4, -0.2) is 36.0 Å². The van der Waals surface area contributed by atoms with Crippen LogP contribution in [0.25, 0.3) is 0 Å². The fourth-order valence-electron chi connectivity index (χ4n) is 1.95. The van der Waals surface area contributed by atoms with Crippen LogP contribution in [0.3, 0.4) is 0 Å². The monoisotopic (exact) mass is 297 g/mol. The Morgan fingerprint density at radius 3 is 2.45 bits per heavy atom. The normalized spacial score (nSPS) is 10.7. The summed E-state index contributed by atoms with van der Waals surface area (Å²) in [5.41, 5.74) is 1.14. The number of amides is 1. The first kappa shape index (κ1) is 16.7. The van der Waals surface area contributed by atoms with Crippen molar-refractivity contribution in [1.82, 2.24) is 4.90 Å². The lowest BCUT2D eigenvalue weighted by molar-refractivity contribution is -0.144. The van der Waals surface area contributed by atoms with E-state index in [4.69, 9.17) is 4.74 Å². The van der Waals surface area contributed by atoms with Gasteiger partial charge in [0.05, 0.1) is 11.5 Å². The summed E-state index contributed by atoms with van der Waals surface area (Å²) in [5.74, 6) is -0.459. The van der Waals surface area contributed by atoms with Crippen molar-refractivity contribution in [3.63, 3.8) is 0 Å². The van der Waals surface area contributed by atoms with Gasteiger partial charge in [-0.3, -0.25) is 9.59 Å². The van der Waals surface area contributed by atoms with Crippen LogP contribution < -0.4 is 0 Å². The molecule has 1 amide bonds. The van der Waals surface area contributed by atoms with E-state index >= 15 is 0 Å². The molecule has 0 unspecified atom stereocenters. The standard InChI is InChI=1S/C15H23NO3S/c1-6-12-11(5)8-13(20-12)15(18)16(10(3)4)9-14(17)19-7-2/h8,10H,6-7,9H2,1-5H3. The van der Waals surface area contributed by atoms with Gasteiger partial charge in [-0.05, 0) is 45.7 Å². The van der Waals surface area contributed by atoms with Crippen LogP contribution in [0.1, 0.15) is 47.8 Å². The molecule has 1 heterocycles. The van der Waals surface area contributed by atoms with Crippen molar-refractivity contribution in [2.24, 2.45) is 0 Å². The Bertz CT molecular complexity index is 479. The van der Waals surface area contributed by atoms with Crippen molar-refractivity contribution >= 4 is 23.2 Å². The van der Waals surface area contributed by atoms with Gasteiger partial charge in [-0.15, -0.1) is 11.3 Å². The predicted octanol–water partition coefficient (Wildman–Crippen LogP) is 3.03. The van der Waals surface area contributed by atoms with Crippen LogP contribution in [0.15, 0.2) is 6.07 Å². The van der Waals surface area contributed by atoms with Crippen LogP contribution in [-0.2, 0) is 16.0 Å². The topological polar surface area (TPSA) is 46.6 Å². The second kappa shape index (κ2) is 7.43. The van der Waals surface area contributed by atoms with E-state index in [0.717, 1.165) is 12.0 Å². The largest absolute Gasteiger partial charge is 0.465 e. The molecule has 0 saturated heterocycles. The van der Waals surface area contributed by atoms with Gasteiger partial charge in [-0.2, -0.15) is 0 Å². The molecule has 0 fully saturated rings. The zero-order valence-corrected chi connectivity index (χ0v) is 13.7. The van der Waals surface area contributed by atoms with E-state index in [1.807, 2.05) is 26.8 Å². The maximum absolute atomic E-state index is 12.5. The number of rotatable bonds is 6. The molecule has 0 atom stereocenters. The molecule has 20 heavy (non-hydrogen) atoms. The molecular weight excluding hydrogens is 274 g/mol. The minimum Gasteiger partial charge on any atom is -0.465 e. The molecule has 1 aromatic heterocycles. The first-order valence-corrected chi connectivity index (χ1v) is 7.78. The molecule has 0 bridgehead atoms. The minimum absolute atomic E-state index is 0.00272. The Balaban J connectivity index is 2.90. The number of hydrogen-bond donors (Lipinski definition) is 0. The molecule has 0 aliphatic heterocycles. The number of hydrogen-bond acceptors (Lipinski definition) is 4. The summed E-state index contributed by atoms with van der Waals surface area (Å²) >= 11 is 1.51.